The average molecular weight is 130 g/mol. The molecule has 0 aliphatic carbocycles. The van der Waals surface area contributed by atoms with Gasteiger partial charge in [-0.05, 0) is 0 Å². The first-order valence-electron chi connectivity index (χ1n) is 3.41. The number of rotatable bonds is 0. The maximum Gasteiger partial charge on any atom is -0.0623 e. The molecule has 0 aliphatic rings. The van der Waals surface area contributed by atoms with Crippen molar-refractivity contribution in [1.29, 1.82) is 0 Å². The van der Waals surface area contributed by atoms with E-state index in [9.17, 15) is 0 Å². The van der Waals surface area contributed by atoms with E-state index >= 15 is 0 Å². The zero-order valence-electron chi connectivity index (χ0n) is 6.17. The van der Waals surface area contributed by atoms with E-state index in [0.717, 1.165) is 0 Å². The van der Waals surface area contributed by atoms with Gasteiger partial charge in [0.15, 0.2) is 0 Å². The molecule has 0 amide bonds. The Bertz CT molecular complexity index is 87.4. The molecule has 0 aromatic heterocycles. The van der Waals surface area contributed by atoms with Gasteiger partial charge in [-0.25, -0.2) is 0 Å². The first-order valence-corrected chi connectivity index (χ1v) is 4.83. The third-order valence-corrected chi connectivity index (χ3v) is 0.667. The summed E-state index contributed by atoms with van der Waals surface area (Å²) in [6.45, 7) is 2.19. The maximum absolute atomic E-state index is 2.19. The first kappa shape index (κ1) is 9.22. The van der Waals surface area contributed by atoms with Crippen LogP contribution in [0, 0.1) is 0 Å². The molecule has 0 fully saturated rings. The summed E-state index contributed by atoms with van der Waals surface area (Å²) in [7, 11) is 0. The molecule has 0 aliphatic heterocycles. The van der Waals surface area contributed by atoms with Crippen LogP contribution in [0.4, 0.5) is 0 Å². The van der Waals surface area contributed by atoms with Crippen LogP contribution in [-0.2, 0) is 0 Å². The summed E-state index contributed by atoms with van der Waals surface area (Å²) in [5.74, 6) is 0. The molecule has 0 N–H and O–H groups in total. The van der Waals surface area contributed by atoms with E-state index < -0.39 is 0 Å². The second-order valence-corrected chi connectivity index (χ2v) is 3.28. The molecule has 0 nitrogen and oxygen atoms in total. The summed E-state index contributed by atoms with van der Waals surface area (Å²) < 4.78 is 1.39. The molecule has 0 spiro atoms. The Morgan fingerprint density at radius 2 is 1.00 bits per heavy atom. The molecule has 1 aromatic rings. The van der Waals surface area contributed by atoms with E-state index in [2.05, 4.69) is 6.92 Å². The smallest absolute Gasteiger partial charge is 0.0623 e. The van der Waals surface area contributed by atoms with Gasteiger partial charge >= 0.3 is 38.5 Å². The Balaban J connectivity index is 0.000000187. The van der Waals surface area contributed by atoms with Crippen molar-refractivity contribution in [3.8, 4) is 0 Å². The summed E-state index contributed by atoms with van der Waals surface area (Å²) in [6, 6.07) is 12.0. The Hall–Kier alpha value is 0.220. The standard InChI is InChI=1S/C6H6.C2H5.Na/c1-2-4-6-5-3-1;1-2;/h1-6H;1H2,2H3;. The van der Waals surface area contributed by atoms with Gasteiger partial charge in [0.25, 0.3) is 0 Å². The van der Waals surface area contributed by atoms with E-state index in [1.54, 1.807) is 0 Å². The normalized spacial score (nSPS) is 7.44. The predicted molar refractivity (Wildman–Crippen MR) is 42.7 cm³/mol. The molecule has 0 heterocycles. The fourth-order valence-electron chi connectivity index (χ4n) is 0.385. The van der Waals surface area contributed by atoms with E-state index in [-0.39, 0.29) is 0 Å². The molecule has 9 heavy (non-hydrogen) atoms. The van der Waals surface area contributed by atoms with Crippen molar-refractivity contribution in [3.63, 3.8) is 0 Å². The van der Waals surface area contributed by atoms with Crippen LogP contribution in [0.15, 0.2) is 36.4 Å². The predicted octanol–water partition coefficient (Wildman–Crippen LogP) is 2.28. The molecule has 0 radical (unpaired) electrons. The van der Waals surface area contributed by atoms with Crippen LogP contribution in [0.1, 0.15) is 6.92 Å². The van der Waals surface area contributed by atoms with Crippen LogP contribution >= 0.6 is 0 Å². The summed E-state index contributed by atoms with van der Waals surface area (Å²) in [5.41, 5.74) is 0. The van der Waals surface area contributed by atoms with E-state index in [1.807, 2.05) is 36.4 Å². The maximum atomic E-state index is 2.19. The van der Waals surface area contributed by atoms with Crippen molar-refractivity contribution in [2.45, 2.75) is 10.6 Å². The van der Waals surface area contributed by atoms with Gasteiger partial charge in [-0.3, -0.25) is 0 Å². The van der Waals surface area contributed by atoms with Gasteiger partial charge in [-0.15, -0.1) is 0 Å². The molecular weight excluding hydrogens is 119 g/mol. The third-order valence-electron chi connectivity index (χ3n) is 0.667. The molecule has 0 saturated heterocycles. The van der Waals surface area contributed by atoms with Crippen molar-refractivity contribution in [2.75, 3.05) is 0 Å². The average Bonchev–Trinajstić information content (AvgIpc) is 1.93. The summed E-state index contributed by atoms with van der Waals surface area (Å²) in [6.07, 6.45) is 0. The number of hydrogen-bond acceptors (Lipinski definition) is 0. The summed E-state index contributed by atoms with van der Waals surface area (Å²) in [4.78, 5) is 0. The fraction of sp³-hybridized carbons (Fsp3) is 0.250. The van der Waals surface area contributed by atoms with Crippen LogP contribution in [0.25, 0.3) is 0 Å². The molecule has 0 unspecified atom stereocenters. The number of benzene rings is 1. The second kappa shape index (κ2) is 8.22. The topological polar surface area (TPSA) is 0 Å². The van der Waals surface area contributed by atoms with Gasteiger partial charge in [0.2, 0.25) is 0 Å². The van der Waals surface area contributed by atoms with Crippen LogP contribution in [0.3, 0.4) is 0 Å². The zero-order valence-corrected chi connectivity index (χ0v) is 8.17. The largest absolute Gasteiger partial charge is 0.0623 e. The van der Waals surface area contributed by atoms with Crippen LogP contribution in [0.5, 0.6) is 0 Å². The fourth-order valence-corrected chi connectivity index (χ4v) is 0.385. The summed E-state index contributed by atoms with van der Waals surface area (Å²) >= 11 is 1.37. The third kappa shape index (κ3) is 8.22. The van der Waals surface area contributed by atoms with E-state index in [1.165, 1.54) is 31.6 Å². The monoisotopic (exact) mass is 130 g/mol. The van der Waals surface area contributed by atoms with Gasteiger partial charge in [0.05, 0.1) is 0 Å². The quantitative estimate of drug-likeness (QED) is 0.472. The van der Waals surface area contributed by atoms with E-state index in [4.69, 9.17) is 0 Å². The minimum atomic E-state index is 1.37. The zero-order chi connectivity index (χ0) is 6.95. The van der Waals surface area contributed by atoms with E-state index in [0.29, 0.717) is 0 Å². The molecule has 1 aromatic carbocycles. The number of hydrogen-bond donors (Lipinski definition) is 0. The van der Waals surface area contributed by atoms with Crippen molar-refractivity contribution in [1.82, 2.24) is 0 Å². The Labute approximate surface area is 74.7 Å². The molecular formula is C8H11Na. The van der Waals surface area contributed by atoms with Crippen LogP contribution in [-0.4, -0.2) is 27.9 Å². The first-order chi connectivity index (χ1) is 4.41. The SMILES string of the molecule is C[CH2][Na].c1ccccc1. The van der Waals surface area contributed by atoms with Gasteiger partial charge < -0.3 is 0 Å². The second-order valence-electron chi connectivity index (χ2n) is 1.86. The van der Waals surface area contributed by atoms with Crippen LogP contribution < -0.4 is 0 Å². The molecule has 1 heteroatoms. The molecule has 1 rings (SSSR count). The van der Waals surface area contributed by atoms with Crippen molar-refractivity contribution in [2.24, 2.45) is 0 Å². The van der Waals surface area contributed by atoms with Crippen molar-refractivity contribution in [3.05, 3.63) is 36.4 Å². The Morgan fingerprint density at radius 1 is 0.889 bits per heavy atom. The van der Waals surface area contributed by atoms with Gasteiger partial charge in [0, 0.05) is 0 Å². The minimum Gasteiger partial charge on any atom is -0.0623 e. The van der Waals surface area contributed by atoms with Gasteiger partial charge in [-0.2, -0.15) is 0 Å². The van der Waals surface area contributed by atoms with Gasteiger partial charge in [0.1, 0.15) is 0 Å². The minimum absolute atomic E-state index is 1.37. The molecule has 0 atom stereocenters. The van der Waals surface area contributed by atoms with Crippen LogP contribution in [0.2, 0.25) is 3.67 Å². The Morgan fingerprint density at radius 3 is 1.11 bits per heavy atom. The Kier molecular flexibility index (Phi) is 8.42. The molecule has 0 saturated carbocycles. The summed E-state index contributed by atoms with van der Waals surface area (Å²) in [5, 5.41) is 0. The van der Waals surface area contributed by atoms with Crippen molar-refractivity contribution >= 4 is 27.9 Å². The molecule has 44 valence electrons. The van der Waals surface area contributed by atoms with Gasteiger partial charge in [-0.1, -0.05) is 36.4 Å². The molecule has 0 bridgehead atoms. The van der Waals surface area contributed by atoms with Crippen molar-refractivity contribution < 1.29 is 0 Å².